The zero-order chi connectivity index (χ0) is 18.8. The predicted molar refractivity (Wildman–Crippen MR) is 105 cm³/mol. The van der Waals surface area contributed by atoms with Gasteiger partial charge in [-0.25, -0.2) is 0 Å². The molecule has 0 aliphatic rings. The number of para-hydroxylation sites is 2. The van der Waals surface area contributed by atoms with Gasteiger partial charge in [0.05, 0.1) is 5.69 Å². The van der Waals surface area contributed by atoms with Crippen molar-refractivity contribution in [2.75, 3.05) is 38.2 Å². The fourth-order valence-electron chi connectivity index (χ4n) is 2.56. The summed E-state index contributed by atoms with van der Waals surface area (Å²) in [5.41, 5.74) is 1.75. The number of anilines is 1. The number of hydrogen-bond donors (Lipinski definition) is 1. The lowest BCUT2D eigenvalue weighted by molar-refractivity contribution is -0.118. The minimum absolute atomic E-state index is 0.0444. The van der Waals surface area contributed by atoms with Gasteiger partial charge < -0.3 is 19.7 Å². The summed E-state index contributed by atoms with van der Waals surface area (Å²) < 4.78 is 11.4. The molecule has 0 aliphatic carbocycles. The van der Waals surface area contributed by atoms with Crippen LogP contribution in [0.4, 0.5) is 5.69 Å². The van der Waals surface area contributed by atoms with Crippen LogP contribution < -0.4 is 14.8 Å². The molecule has 0 heterocycles. The molecule has 2 rings (SSSR count). The lowest BCUT2D eigenvalue weighted by Gasteiger charge is -2.19. The van der Waals surface area contributed by atoms with Crippen LogP contribution in [0, 0.1) is 6.92 Å². The number of carbonyl (C=O) groups is 1. The third-order valence-electron chi connectivity index (χ3n) is 4.08. The number of amides is 1. The van der Waals surface area contributed by atoms with E-state index < -0.39 is 0 Å². The Balaban J connectivity index is 1.87. The van der Waals surface area contributed by atoms with Gasteiger partial charge in [-0.05, 0) is 49.8 Å². The van der Waals surface area contributed by atoms with Crippen LogP contribution in [0.3, 0.4) is 0 Å². The highest BCUT2D eigenvalue weighted by Gasteiger charge is 2.09. The summed E-state index contributed by atoms with van der Waals surface area (Å²) >= 11 is 0. The molecule has 5 heteroatoms. The third kappa shape index (κ3) is 6.41. The van der Waals surface area contributed by atoms with Crippen molar-refractivity contribution in [3.63, 3.8) is 0 Å². The highest BCUT2D eigenvalue weighted by molar-refractivity contribution is 5.93. The fraction of sp³-hybridized carbons (Fsp3) is 0.381. The number of nitrogens with one attached hydrogen (secondary N) is 1. The maximum absolute atomic E-state index is 12.2. The molecule has 0 spiro atoms. The molecule has 0 atom stereocenters. The number of benzene rings is 2. The standard InChI is InChI=1S/C21H28N2O3/c1-4-23(5-2)13-14-25-20-12-7-6-11-19(20)22-21(24)16-26-18-10-8-9-17(3)15-18/h6-12,15H,4-5,13-14,16H2,1-3H3,(H,22,24). The van der Waals surface area contributed by atoms with Crippen LogP contribution >= 0.6 is 0 Å². The van der Waals surface area contributed by atoms with Gasteiger partial charge in [0.15, 0.2) is 6.61 Å². The molecule has 1 amide bonds. The number of carbonyl (C=O) groups excluding carboxylic acids is 1. The molecule has 5 nitrogen and oxygen atoms in total. The van der Waals surface area contributed by atoms with Crippen molar-refractivity contribution in [3.8, 4) is 11.5 Å². The van der Waals surface area contributed by atoms with Gasteiger partial charge in [0.25, 0.3) is 5.91 Å². The molecule has 26 heavy (non-hydrogen) atoms. The van der Waals surface area contributed by atoms with Gasteiger partial charge in [0.2, 0.25) is 0 Å². The topological polar surface area (TPSA) is 50.8 Å². The van der Waals surface area contributed by atoms with Crippen molar-refractivity contribution < 1.29 is 14.3 Å². The number of ether oxygens (including phenoxy) is 2. The van der Waals surface area contributed by atoms with Gasteiger partial charge in [0.1, 0.15) is 18.1 Å². The van der Waals surface area contributed by atoms with E-state index in [0.29, 0.717) is 23.8 Å². The minimum atomic E-state index is -0.216. The van der Waals surface area contributed by atoms with E-state index in [9.17, 15) is 4.79 Å². The molecule has 0 saturated carbocycles. The second-order valence-corrected chi connectivity index (χ2v) is 6.02. The van der Waals surface area contributed by atoms with Crippen LogP contribution in [0.2, 0.25) is 0 Å². The number of aryl methyl sites for hydroxylation is 1. The van der Waals surface area contributed by atoms with E-state index >= 15 is 0 Å². The van der Waals surface area contributed by atoms with Gasteiger partial charge >= 0.3 is 0 Å². The zero-order valence-corrected chi connectivity index (χ0v) is 15.8. The molecule has 0 aromatic heterocycles. The van der Waals surface area contributed by atoms with Crippen molar-refractivity contribution in [2.24, 2.45) is 0 Å². The van der Waals surface area contributed by atoms with Crippen molar-refractivity contribution in [3.05, 3.63) is 54.1 Å². The maximum Gasteiger partial charge on any atom is 0.262 e. The molecule has 2 aromatic carbocycles. The van der Waals surface area contributed by atoms with Crippen molar-refractivity contribution >= 4 is 11.6 Å². The first kappa shape index (κ1) is 19.8. The van der Waals surface area contributed by atoms with Crippen LogP contribution in [-0.4, -0.2) is 43.7 Å². The van der Waals surface area contributed by atoms with Crippen LogP contribution in [0.15, 0.2) is 48.5 Å². The highest BCUT2D eigenvalue weighted by atomic mass is 16.5. The lowest BCUT2D eigenvalue weighted by Crippen LogP contribution is -2.28. The predicted octanol–water partition coefficient (Wildman–Crippen LogP) is 3.73. The first-order valence-corrected chi connectivity index (χ1v) is 9.05. The largest absolute Gasteiger partial charge is 0.490 e. The summed E-state index contributed by atoms with van der Waals surface area (Å²) in [5.74, 6) is 1.14. The minimum Gasteiger partial charge on any atom is -0.490 e. The average Bonchev–Trinajstić information content (AvgIpc) is 2.65. The fourth-order valence-corrected chi connectivity index (χ4v) is 2.56. The van der Waals surface area contributed by atoms with Gasteiger partial charge in [0, 0.05) is 6.54 Å². The smallest absolute Gasteiger partial charge is 0.262 e. The molecule has 0 radical (unpaired) electrons. The second kappa shape index (κ2) is 10.5. The van der Waals surface area contributed by atoms with E-state index in [1.54, 1.807) is 0 Å². The lowest BCUT2D eigenvalue weighted by atomic mass is 10.2. The molecule has 0 unspecified atom stereocenters. The Bertz CT molecular complexity index is 699. The Morgan fingerprint density at radius 1 is 1.04 bits per heavy atom. The van der Waals surface area contributed by atoms with Crippen LogP contribution in [0.5, 0.6) is 11.5 Å². The molecule has 0 fully saturated rings. The van der Waals surface area contributed by atoms with E-state index in [-0.39, 0.29) is 12.5 Å². The summed E-state index contributed by atoms with van der Waals surface area (Å²) in [4.78, 5) is 14.5. The van der Waals surface area contributed by atoms with Crippen LogP contribution in [-0.2, 0) is 4.79 Å². The number of hydrogen-bond acceptors (Lipinski definition) is 4. The molecule has 140 valence electrons. The van der Waals surface area contributed by atoms with Crippen LogP contribution in [0.25, 0.3) is 0 Å². The number of likely N-dealkylation sites (N-methyl/N-ethyl adjacent to an activating group) is 1. The highest BCUT2D eigenvalue weighted by Crippen LogP contribution is 2.23. The molecule has 2 aromatic rings. The molecular weight excluding hydrogens is 328 g/mol. The Morgan fingerprint density at radius 3 is 2.54 bits per heavy atom. The van der Waals surface area contributed by atoms with Gasteiger partial charge in [-0.3, -0.25) is 4.79 Å². The number of rotatable bonds is 10. The van der Waals surface area contributed by atoms with Crippen LogP contribution in [0.1, 0.15) is 19.4 Å². The SMILES string of the molecule is CCN(CC)CCOc1ccccc1NC(=O)COc1cccc(C)c1. The summed E-state index contributed by atoms with van der Waals surface area (Å²) in [6.07, 6.45) is 0. The average molecular weight is 356 g/mol. The molecule has 0 bridgehead atoms. The molecule has 0 saturated heterocycles. The van der Waals surface area contributed by atoms with Crippen molar-refractivity contribution in [1.29, 1.82) is 0 Å². The van der Waals surface area contributed by atoms with Crippen molar-refractivity contribution in [2.45, 2.75) is 20.8 Å². The Hall–Kier alpha value is -2.53. The summed E-state index contributed by atoms with van der Waals surface area (Å²) in [6, 6.07) is 15.1. The summed E-state index contributed by atoms with van der Waals surface area (Å²) in [7, 11) is 0. The zero-order valence-electron chi connectivity index (χ0n) is 15.8. The van der Waals surface area contributed by atoms with Gasteiger partial charge in [-0.2, -0.15) is 0 Å². The normalized spacial score (nSPS) is 10.6. The monoisotopic (exact) mass is 356 g/mol. The number of nitrogens with zero attached hydrogens (tertiary/aromatic N) is 1. The van der Waals surface area contributed by atoms with E-state index in [1.165, 1.54) is 0 Å². The Labute approximate surface area is 155 Å². The van der Waals surface area contributed by atoms with Gasteiger partial charge in [-0.1, -0.05) is 38.1 Å². The Morgan fingerprint density at radius 2 is 1.81 bits per heavy atom. The quantitative estimate of drug-likeness (QED) is 0.705. The van der Waals surface area contributed by atoms with E-state index in [2.05, 4.69) is 24.1 Å². The van der Waals surface area contributed by atoms with E-state index in [0.717, 1.165) is 25.2 Å². The summed E-state index contributed by atoms with van der Waals surface area (Å²) in [6.45, 7) is 9.62. The first-order chi connectivity index (χ1) is 12.6. The summed E-state index contributed by atoms with van der Waals surface area (Å²) in [5, 5.41) is 2.86. The second-order valence-electron chi connectivity index (χ2n) is 6.02. The first-order valence-electron chi connectivity index (χ1n) is 9.05. The Kier molecular flexibility index (Phi) is 7.96. The molecule has 1 N–H and O–H groups in total. The molecular formula is C21H28N2O3. The maximum atomic E-state index is 12.2. The van der Waals surface area contributed by atoms with Crippen molar-refractivity contribution in [1.82, 2.24) is 4.90 Å². The van der Waals surface area contributed by atoms with Gasteiger partial charge in [-0.15, -0.1) is 0 Å². The molecule has 0 aliphatic heterocycles. The van der Waals surface area contributed by atoms with E-state index in [4.69, 9.17) is 9.47 Å². The third-order valence-corrected chi connectivity index (χ3v) is 4.08. The van der Waals surface area contributed by atoms with E-state index in [1.807, 2.05) is 55.5 Å².